The molecule has 1 atom stereocenters. The minimum absolute atomic E-state index is 0.0788. The largest absolute Gasteiger partial charge is 0.340 e. The number of carbonyl (C=O) groups is 1. The van der Waals surface area contributed by atoms with Gasteiger partial charge in [-0.3, -0.25) is 4.79 Å². The topological polar surface area (TPSA) is 81.9 Å². The van der Waals surface area contributed by atoms with Crippen molar-refractivity contribution in [1.29, 1.82) is 5.26 Å². The third-order valence-corrected chi connectivity index (χ3v) is 4.77. The molecule has 1 unspecified atom stereocenters. The first kappa shape index (κ1) is 17.7. The zero-order chi connectivity index (χ0) is 19.7. The van der Waals surface area contributed by atoms with Gasteiger partial charge in [0.1, 0.15) is 17.3 Å². The number of amides is 1. The van der Waals surface area contributed by atoms with E-state index in [4.69, 9.17) is 5.26 Å². The Morgan fingerprint density at radius 2 is 1.93 bits per heavy atom. The maximum absolute atomic E-state index is 13.2. The summed E-state index contributed by atoms with van der Waals surface area (Å²) in [7, 11) is 0. The summed E-state index contributed by atoms with van der Waals surface area (Å²) >= 11 is 0. The van der Waals surface area contributed by atoms with E-state index < -0.39 is 0 Å². The molecule has 28 heavy (non-hydrogen) atoms. The quantitative estimate of drug-likeness (QED) is 0.755. The van der Waals surface area contributed by atoms with Crippen molar-refractivity contribution >= 4 is 23.1 Å². The number of benzene rings is 2. The number of hydrogen-bond acceptors (Lipinski definition) is 5. The summed E-state index contributed by atoms with van der Waals surface area (Å²) < 4.78 is 0. The Morgan fingerprint density at radius 1 is 1.18 bits per heavy atom. The molecule has 1 amide bonds. The van der Waals surface area contributed by atoms with Gasteiger partial charge in [0.15, 0.2) is 0 Å². The summed E-state index contributed by atoms with van der Waals surface area (Å²) in [5, 5.41) is 12.1. The molecule has 6 heteroatoms. The van der Waals surface area contributed by atoms with Gasteiger partial charge >= 0.3 is 0 Å². The number of rotatable bonds is 3. The fourth-order valence-corrected chi connectivity index (χ4v) is 3.52. The summed E-state index contributed by atoms with van der Waals surface area (Å²) in [6, 6.07) is 18.9. The molecule has 1 aliphatic heterocycles. The van der Waals surface area contributed by atoms with Crippen LogP contribution in [0.4, 0.5) is 17.2 Å². The van der Waals surface area contributed by atoms with E-state index in [9.17, 15) is 4.79 Å². The lowest BCUT2D eigenvalue weighted by atomic mass is 10.1. The highest BCUT2D eigenvalue weighted by atomic mass is 16.2. The van der Waals surface area contributed by atoms with Gasteiger partial charge in [-0.1, -0.05) is 18.2 Å². The van der Waals surface area contributed by atoms with Crippen LogP contribution in [0.2, 0.25) is 0 Å². The molecular formula is C22H19N5O. The lowest BCUT2D eigenvalue weighted by molar-refractivity contribution is 0.0976. The highest BCUT2D eigenvalue weighted by molar-refractivity contribution is 6.07. The maximum atomic E-state index is 13.2. The van der Waals surface area contributed by atoms with Crippen molar-refractivity contribution in [3.8, 4) is 6.07 Å². The molecular weight excluding hydrogens is 350 g/mol. The number of aryl methyl sites for hydroxylation is 1. The van der Waals surface area contributed by atoms with Crippen LogP contribution in [0.15, 0.2) is 54.6 Å². The number of carbonyl (C=O) groups excluding carboxylic acids is 1. The number of nitrogens with one attached hydrogen (secondary N) is 1. The Balaban J connectivity index is 1.63. The van der Waals surface area contributed by atoms with Gasteiger partial charge in [-0.25, -0.2) is 9.97 Å². The molecule has 4 rings (SSSR count). The first-order valence-electron chi connectivity index (χ1n) is 9.09. The first-order valence-corrected chi connectivity index (χ1v) is 9.09. The third-order valence-electron chi connectivity index (χ3n) is 4.77. The number of aromatic nitrogens is 2. The van der Waals surface area contributed by atoms with Gasteiger partial charge in [-0.2, -0.15) is 5.26 Å². The van der Waals surface area contributed by atoms with Gasteiger partial charge < -0.3 is 10.2 Å². The van der Waals surface area contributed by atoms with Crippen LogP contribution >= 0.6 is 0 Å². The molecule has 6 nitrogen and oxygen atoms in total. The molecule has 3 aromatic rings. The summed E-state index contributed by atoms with van der Waals surface area (Å²) in [4.78, 5) is 23.8. The Morgan fingerprint density at radius 3 is 2.68 bits per heavy atom. The molecule has 1 aromatic heterocycles. The van der Waals surface area contributed by atoms with Crippen molar-refractivity contribution < 1.29 is 4.79 Å². The second-order valence-corrected chi connectivity index (χ2v) is 6.86. The van der Waals surface area contributed by atoms with Crippen LogP contribution in [-0.4, -0.2) is 21.9 Å². The average molecular weight is 369 g/mol. The van der Waals surface area contributed by atoms with Crippen LogP contribution in [0.1, 0.15) is 34.4 Å². The molecule has 1 aliphatic rings. The van der Waals surface area contributed by atoms with Crippen LogP contribution in [-0.2, 0) is 6.42 Å². The number of nitriles is 1. The van der Waals surface area contributed by atoms with E-state index in [0.717, 1.165) is 17.8 Å². The second-order valence-electron chi connectivity index (χ2n) is 6.86. The van der Waals surface area contributed by atoms with E-state index in [0.29, 0.717) is 22.9 Å². The van der Waals surface area contributed by atoms with Gasteiger partial charge in [0.05, 0.1) is 11.6 Å². The van der Waals surface area contributed by atoms with Crippen LogP contribution in [0, 0.1) is 18.3 Å². The zero-order valence-corrected chi connectivity index (χ0v) is 15.7. The molecule has 1 N–H and O–H groups in total. The van der Waals surface area contributed by atoms with Crippen molar-refractivity contribution in [3.05, 3.63) is 77.2 Å². The second kappa shape index (κ2) is 7.12. The molecule has 0 saturated carbocycles. The number of hydrogen-bond donors (Lipinski definition) is 1. The van der Waals surface area contributed by atoms with Crippen LogP contribution in [0.3, 0.4) is 0 Å². The minimum atomic E-state index is -0.133. The van der Waals surface area contributed by atoms with Gasteiger partial charge in [0.2, 0.25) is 0 Å². The minimum Gasteiger partial charge on any atom is -0.340 e. The highest BCUT2D eigenvalue weighted by Gasteiger charge is 2.32. The molecule has 2 aromatic carbocycles. The number of nitrogens with zero attached hydrogens (tertiary/aromatic N) is 4. The average Bonchev–Trinajstić information content (AvgIpc) is 3.03. The standard InChI is InChI=1S/C22H19N5O/c1-14-11-17-5-3-4-6-20(17)27(14)22(28)19-12-21(25-15(2)24-19)26-18-9-7-16(13-23)8-10-18/h3-10,12,14H,11H2,1-2H3,(H,24,25,26). The van der Waals surface area contributed by atoms with Crippen molar-refractivity contribution in [3.63, 3.8) is 0 Å². The fourth-order valence-electron chi connectivity index (χ4n) is 3.52. The Labute approximate surface area is 163 Å². The van der Waals surface area contributed by atoms with Gasteiger partial charge in [-0.15, -0.1) is 0 Å². The van der Waals surface area contributed by atoms with E-state index in [1.54, 1.807) is 37.3 Å². The van der Waals surface area contributed by atoms with Gasteiger partial charge in [-0.05, 0) is 56.2 Å². The molecule has 0 fully saturated rings. The normalized spacial score (nSPS) is 15.0. The monoisotopic (exact) mass is 369 g/mol. The Bertz CT molecular complexity index is 1080. The van der Waals surface area contributed by atoms with Crippen molar-refractivity contribution in [2.24, 2.45) is 0 Å². The van der Waals surface area contributed by atoms with Gasteiger partial charge in [0.25, 0.3) is 5.91 Å². The highest BCUT2D eigenvalue weighted by Crippen LogP contribution is 2.33. The predicted octanol–water partition coefficient (Wildman–Crippen LogP) is 3.99. The molecule has 0 radical (unpaired) electrons. The smallest absolute Gasteiger partial charge is 0.277 e. The molecule has 2 heterocycles. The van der Waals surface area contributed by atoms with Gasteiger partial charge in [0, 0.05) is 23.5 Å². The summed E-state index contributed by atoms with van der Waals surface area (Å²) in [5.41, 5.74) is 3.84. The summed E-state index contributed by atoms with van der Waals surface area (Å²) in [5.74, 6) is 0.925. The van der Waals surface area contributed by atoms with E-state index in [2.05, 4.69) is 27.4 Å². The summed E-state index contributed by atoms with van der Waals surface area (Å²) in [6.07, 6.45) is 0.836. The van der Waals surface area contributed by atoms with Crippen molar-refractivity contribution in [2.45, 2.75) is 26.3 Å². The SMILES string of the molecule is Cc1nc(Nc2ccc(C#N)cc2)cc(C(=O)N2c3ccccc3CC2C)n1. The first-order chi connectivity index (χ1) is 13.5. The van der Waals surface area contributed by atoms with Crippen LogP contribution < -0.4 is 10.2 Å². The van der Waals surface area contributed by atoms with E-state index >= 15 is 0 Å². The van der Waals surface area contributed by atoms with Crippen molar-refractivity contribution in [2.75, 3.05) is 10.2 Å². The van der Waals surface area contributed by atoms with E-state index in [1.807, 2.05) is 30.0 Å². The van der Waals surface area contributed by atoms with Crippen LogP contribution in [0.25, 0.3) is 0 Å². The van der Waals surface area contributed by atoms with E-state index in [1.165, 1.54) is 5.56 Å². The van der Waals surface area contributed by atoms with Crippen LogP contribution in [0.5, 0.6) is 0 Å². The third kappa shape index (κ3) is 3.30. The molecule has 0 spiro atoms. The zero-order valence-electron chi connectivity index (χ0n) is 15.7. The molecule has 0 saturated heterocycles. The fraction of sp³-hybridized carbons (Fsp3) is 0.182. The maximum Gasteiger partial charge on any atom is 0.277 e. The lowest BCUT2D eigenvalue weighted by Gasteiger charge is -2.22. The number of fused-ring (bicyclic) bond motifs is 1. The predicted molar refractivity (Wildman–Crippen MR) is 108 cm³/mol. The summed E-state index contributed by atoms with van der Waals surface area (Å²) in [6.45, 7) is 3.81. The molecule has 138 valence electrons. The van der Waals surface area contributed by atoms with E-state index in [-0.39, 0.29) is 11.9 Å². The molecule has 0 aliphatic carbocycles. The number of para-hydroxylation sites is 1. The molecule has 0 bridgehead atoms. The lowest BCUT2D eigenvalue weighted by Crippen LogP contribution is -2.36. The Kier molecular flexibility index (Phi) is 4.50. The Hall–Kier alpha value is -3.72. The number of anilines is 3. The van der Waals surface area contributed by atoms with Crippen molar-refractivity contribution in [1.82, 2.24) is 9.97 Å².